The maximum atomic E-state index is 11.2. The fourth-order valence-electron chi connectivity index (χ4n) is 2.59. The van der Waals surface area contributed by atoms with E-state index in [0.717, 1.165) is 17.4 Å². The van der Waals surface area contributed by atoms with Gasteiger partial charge in [-0.25, -0.2) is 0 Å². The molecule has 0 aromatic heterocycles. The summed E-state index contributed by atoms with van der Waals surface area (Å²) < 4.78 is 27.0. The summed E-state index contributed by atoms with van der Waals surface area (Å²) in [5.41, 5.74) is 3.73. The highest BCUT2D eigenvalue weighted by Crippen LogP contribution is 2.33. The van der Waals surface area contributed by atoms with E-state index >= 15 is 0 Å². The van der Waals surface area contributed by atoms with E-state index in [4.69, 9.17) is 11.6 Å². The molecule has 0 saturated carbocycles. The van der Waals surface area contributed by atoms with E-state index in [1.807, 2.05) is 12.1 Å². The second-order valence-corrected chi connectivity index (χ2v) is 7.54. The summed E-state index contributed by atoms with van der Waals surface area (Å²) in [6, 6.07) is 16.5. The van der Waals surface area contributed by atoms with Gasteiger partial charge in [0.2, 0.25) is 0 Å². The molecule has 0 N–H and O–H groups in total. The molecule has 2 aromatic rings. The minimum Gasteiger partial charge on any atom is -0.268 e. The number of allylic oxidation sites excluding steroid dienone is 4. The van der Waals surface area contributed by atoms with Crippen LogP contribution in [0.3, 0.4) is 0 Å². The molecule has 0 atom stereocenters. The summed E-state index contributed by atoms with van der Waals surface area (Å²) >= 11 is 5.93. The number of hydrogen-bond donors (Lipinski definition) is 0. The van der Waals surface area contributed by atoms with Gasteiger partial charge in [0.05, 0.1) is 11.8 Å². The van der Waals surface area contributed by atoms with Gasteiger partial charge in [-0.2, -0.15) is 13.7 Å². The van der Waals surface area contributed by atoms with Gasteiger partial charge >= 0.3 is 10.1 Å². The Balaban J connectivity index is 2.17. The Kier molecular flexibility index (Phi) is 4.94. The molecule has 0 unspecified atom stereocenters. The number of rotatable bonds is 3. The van der Waals surface area contributed by atoms with Crippen LogP contribution in [0, 0.1) is 11.3 Å². The Hall–Kier alpha value is -2.88. The van der Waals surface area contributed by atoms with Gasteiger partial charge in [0.25, 0.3) is 0 Å². The lowest BCUT2D eigenvalue weighted by atomic mass is 9.87. The third kappa shape index (κ3) is 3.85. The van der Waals surface area contributed by atoms with E-state index in [-0.39, 0.29) is 0 Å². The SMILES string of the molecule is CS(=O)(=O)ON=C1C=CC(=C(C#N)c2ccc(Cl)cc2)c2ccccc21. The summed E-state index contributed by atoms with van der Waals surface area (Å²) in [5, 5.41) is 14.0. The number of nitrogens with zero attached hydrogens (tertiary/aromatic N) is 2. The molecule has 0 aliphatic heterocycles. The second-order valence-electron chi connectivity index (χ2n) is 5.54. The zero-order chi connectivity index (χ0) is 18.7. The van der Waals surface area contributed by atoms with E-state index in [1.165, 1.54) is 0 Å². The van der Waals surface area contributed by atoms with E-state index in [0.29, 0.717) is 27.4 Å². The molecule has 0 fully saturated rings. The van der Waals surface area contributed by atoms with Gasteiger partial charge in [0.15, 0.2) is 0 Å². The van der Waals surface area contributed by atoms with Crippen LogP contribution in [0.25, 0.3) is 11.1 Å². The largest absolute Gasteiger partial charge is 0.325 e. The Labute approximate surface area is 156 Å². The van der Waals surface area contributed by atoms with Crippen molar-refractivity contribution in [2.75, 3.05) is 6.26 Å². The van der Waals surface area contributed by atoms with Crippen molar-refractivity contribution in [3.63, 3.8) is 0 Å². The number of hydrogen-bond acceptors (Lipinski definition) is 5. The molecular formula is C19H13ClN2O3S. The number of fused-ring (bicyclic) bond motifs is 1. The smallest absolute Gasteiger partial charge is 0.268 e. The molecule has 0 bridgehead atoms. The topological polar surface area (TPSA) is 79.5 Å². The van der Waals surface area contributed by atoms with Gasteiger partial charge in [-0.05, 0) is 29.3 Å². The van der Waals surface area contributed by atoms with Gasteiger partial charge in [-0.3, -0.25) is 4.28 Å². The maximum Gasteiger partial charge on any atom is 0.325 e. The second kappa shape index (κ2) is 7.16. The van der Waals surface area contributed by atoms with Crippen molar-refractivity contribution in [2.45, 2.75) is 0 Å². The van der Waals surface area contributed by atoms with Gasteiger partial charge in [-0.15, -0.1) is 0 Å². The highest BCUT2D eigenvalue weighted by molar-refractivity contribution is 7.85. The Bertz CT molecular complexity index is 1090. The number of nitriles is 1. The molecule has 0 spiro atoms. The summed E-state index contributed by atoms with van der Waals surface area (Å²) in [4.78, 5) is 0. The number of halogens is 1. The molecule has 0 amide bonds. The average molecular weight is 385 g/mol. The lowest BCUT2D eigenvalue weighted by Crippen LogP contribution is -2.09. The van der Waals surface area contributed by atoms with Crippen LogP contribution < -0.4 is 0 Å². The molecule has 130 valence electrons. The number of oxime groups is 1. The van der Waals surface area contributed by atoms with Crippen LogP contribution in [0.2, 0.25) is 5.02 Å². The molecule has 0 heterocycles. The first-order chi connectivity index (χ1) is 12.4. The highest BCUT2D eigenvalue weighted by Gasteiger charge is 2.19. The summed E-state index contributed by atoms with van der Waals surface area (Å²) in [6.07, 6.45) is 4.27. The van der Waals surface area contributed by atoms with E-state index in [9.17, 15) is 13.7 Å². The molecule has 26 heavy (non-hydrogen) atoms. The standard InChI is InChI=1S/C19H13ClN2O3S/c1-26(23,24)25-22-19-11-10-16(15-4-2-3-5-17(15)19)18(12-21)13-6-8-14(20)9-7-13/h2-11H,1H3. The van der Waals surface area contributed by atoms with Crippen molar-refractivity contribution < 1.29 is 12.7 Å². The molecule has 0 radical (unpaired) electrons. The lowest BCUT2D eigenvalue weighted by molar-refractivity contribution is 0.343. The molecule has 0 saturated heterocycles. The fraction of sp³-hybridized carbons (Fsp3) is 0.0526. The van der Waals surface area contributed by atoms with E-state index in [2.05, 4.69) is 15.5 Å². The lowest BCUT2D eigenvalue weighted by Gasteiger charge is -2.17. The van der Waals surface area contributed by atoms with Gasteiger partial charge in [-0.1, -0.05) is 59.2 Å². The average Bonchev–Trinajstić information content (AvgIpc) is 2.62. The van der Waals surface area contributed by atoms with E-state index < -0.39 is 10.1 Å². The van der Waals surface area contributed by atoms with Crippen LogP contribution in [0.15, 0.2) is 65.8 Å². The van der Waals surface area contributed by atoms with Crippen molar-refractivity contribution in [3.05, 3.63) is 82.4 Å². The van der Waals surface area contributed by atoms with Crippen LogP contribution >= 0.6 is 11.6 Å². The van der Waals surface area contributed by atoms with Gasteiger partial charge in [0.1, 0.15) is 11.8 Å². The van der Waals surface area contributed by atoms with Crippen LogP contribution in [0.5, 0.6) is 0 Å². The van der Waals surface area contributed by atoms with Crippen LogP contribution in [-0.2, 0) is 14.4 Å². The predicted octanol–water partition coefficient (Wildman–Crippen LogP) is 4.02. The zero-order valence-corrected chi connectivity index (χ0v) is 15.3. The maximum absolute atomic E-state index is 11.2. The molecule has 1 aliphatic carbocycles. The first-order valence-electron chi connectivity index (χ1n) is 7.54. The molecule has 2 aromatic carbocycles. The fourth-order valence-corrected chi connectivity index (χ4v) is 2.93. The normalized spacial score (nSPS) is 16.7. The third-order valence-electron chi connectivity index (χ3n) is 3.69. The third-order valence-corrected chi connectivity index (χ3v) is 4.28. The zero-order valence-electron chi connectivity index (χ0n) is 13.7. The van der Waals surface area contributed by atoms with Crippen LogP contribution in [0.4, 0.5) is 0 Å². The minimum atomic E-state index is -3.71. The Morgan fingerprint density at radius 3 is 2.35 bits per heavy atom. The summed E-state index contributed by atoms with van der Waals surface area (Å²) in [7, 11) is -3.71. The minimum absolute atomic E-state index is 0.364. The predicted molar refractivity (Wildman–Crippen MR) is 102 cm³/mol. The molecule has 1 aliphatic rings. The molecular weight excluding hydrogens is 372 g/mol. The van der Waals surface area contributed by atoms with Gasteiger partial charge < -0.3 is 0 Å². The monoisotopic (exact) mass is 384 g/mol. The highest BCUT2D eigenvalue weighted by atomic mass is 35.5. The molecule has 5 nitrogen and oxygen atoms in total. The Morgan fingerprint density at radius 2 is 1.73 bits per heavy atom. The number of benzene rings is 2. The first-order valence-corrected chi connectivity index (χ1v) is 9.73. The quantitative estimate of drug-likeness (QED) is 0.591. The van der Waals surface area contributed by atoms with Crippen molar-refractivity contribution in [2.24, 2.45) is 5.16 Å². The van der Waals surface area contributed by atoms with E-state index in [1.54, 1.807) is 48.6 Å². The van der Waals surface area contributed by atoms with Crippen LogP contribution in [0.1, 0.15) is 16.7 Å². The summed E-state index contributed by atoms with van der Waals surface area (Å²) in [5.74, 6) is 0. The molecule has 7 heteroatoms. The van der Waals surface area contributed by atoms with Crippen molar-refractivity contribution in [1.29, 1.82) is 5.26 Å². The first kappa shape index (κ1) is 17.9. The van der Waals surface area contributed by atoms with Gasteiger partial charge in [0, 0.05) is 16.2 Å². The van der Waals surface area contributed by atoms with Crippen molar-refractivity contribution >= 4 is 38.6 Å². The van der Waals surface area contributed by atoms with Crippen molar-refractivity contribution in [3.8, 4) is 6.07 Å². The Morgan fingerprint density at radius 1 is 1.08 bits per heavy atom. The molecule has 3 rings (SSSR count). The summed E-state index contributed by atoms with van der Waals surface area (Å²) in [6.45, 7) is 0. The van der Waals surface area contributed by atoms with Crippen molar-refractivity contribution in [1.82, 2.24) is 0 Å². The van der Waals surface area contributed by atoms with Crippen LogP contribution in [-0.4, -0.2) is 20.4 Å².